The SMILES string of the molecule is O=C1CSC(N2N=C(c3ccc([N+](=O)[O-])cc3)CC2c2cc3ccccc3nc2Cl)=N1. The van der Waals surface area contributed by atoms with Crippen molar-refractivity contribution in [1.29, 1.82) is 0 Å². The van der Waals surface area contributed by atoms with Gasteiger partial charge in [0.2, 0.25) is 0 Å². The second-order valence-electron chi connectivity index (χ2n) is 7.05. The fraction of sp³-hybridized carbons (Fsp3) is 0.143. The van der Waals surface area contributed by atoms with E-state index in [4.69, 9.17) is 16.7 Å². The summed E-state index contributed by atoms with van der Waals surface area (Å²) in [6.45, 7) is 0. The molecular weight excluding hydrogens is 438 g/mol. The average Bonchev–Trinajstić information content (AvgIpc) is 3.39. The molecule has 0 radical (unpaired) electrons. The van der Waals surface area contributed by atoms with Gasteiger partial charge in [-0.15, -0.1) is 0 Å². The Balaban J connectivity index is 1.57. The monoisotopic (exact) mass is 451 g/mol. The van der Waals surface area contributed by atoms with E-state index in [0.29, 0.717) is 16.7 Å². The Hall–Kier alpha value is -3.30. The van der Waals surface area contributed by atoms with Crippen LogP contribution in [0.5, 0.6) is 0 Å². The van der Waals surface area contributed by atoms with Gasteiger partial charge in [-0.05, 0) is 29.8 Å². The van der Waals surface area contributed by atoms with E-state index in [1.165, 1.54) is 23.9 Å². The second kappa shape index (κ2) is 7.75. The first kappa shape index (κ1) is 19.7. The summed E-state index contributed by atoms with van der Waals surface area (Å²) >= 11 is 7.88. The molecule has 2 aliphatic rings. The van der Waals surface area contributed by atoms with Gasteiger partial charge in [0.1, 0.15) is 5.15 Å². The number of benzene rings is 2. The number of hydrogen-bond acceptors (Lipinski definition) is 7. The highest BCUT2D eigenvalue weighted by Gasteiger charge is 2.36. The van der Waals surface area contributed by atoms with E-state index in [-0.39, 0.29) is 23.4 Å². The average molecular weight is 452 g/mol. The molecule has 8 nitrogen and oxygen atoms in total. The van der Waals surface area contributed by atoms with Crippen molar-refractivity contribution in [2.45, 2.75) is 12.5 Å². The van der Waals surface area contributed by atoms with E-state index in [9.17, 15) is 14.9 Å². The second-order valence-corrected chi connectivity index (χ2v) is 8.35. The number of amides is 1. The molecule has 5 rings (SSSR count). The van der Waals surface area contributed by atoms with Gasteiger partial charge in [0.25, 0.3) is 11.6 Å². The number of pyridine rings is 1. The van der Waals surface area contributed by atoms with Crippen LogP contribution < -0.4 is 0 Å². The number of halogens is 1. The zero-order valence-corrected chi connectivity index (χ0v) is 17.5. The molecule has 3 aromatic rings. The molecule has 0 spiro atoms. The third kappa shape index (κ3) is 3.66. The molecule has 0 fully saturated rings. The molecule has 1 unspecified atom stereocenters. The number of hydrazone groups is 1. The number of carbonyl (C=O) groups excluding carboxylic acids is 1. The maximum absolute atomic E-state index is 11.8. The van der Waals surface area contributed by atoms with Crippen LogP contribution in [-0.2, 0) is 4.79 Å². The topological polar surface area (TPSA) is 101 Å². The lowest BCUT2D eigenvalue weighted by Crippen LogP contribution is -2.24. The summed E-state index contributed by atoms with van der Waals surface area (Å²) in [5.41, 5.74) is 3.08. The van der Waals surface area contributed by atoms with Crippen LogP contribution in [0.3, 0.4) is 0 Å². The minimum Gasteiger partial charge on any atom is -0.272 e. The molecule has 1 aromatic heterocycles. The van der Waals surface area contributed by atoms with E-state index in [1.54, 1.807) is 17.1 Å². The minimum absolute atomic E-state index is 0.0128. The Bertz CT molecular complexity index is 1290. The van der Waals surface area contributed by atoms with Crippen LogP contribution in [0.2, 0.25) is 5.15 Å². The summed E-state index contributed by atoms with van der Waals surface area (Å²) in [6.07, 6.45) is 0.491. The third-order valence-corrected chi connectivity index (χ3v) is 6.36. The molecule has 0 N–H and O–H groups in total. The molecule has 1 amide bonds. The van der Waals surface area contributed by atoms with Crippen LogP contribution >= 0.6 is 23.4 Å². The molecule has 154 valence electrons. The van der Waals surface area contributed by atoms with Crippen molar-refractivity contribution < 1.29 is 9.72 Å². The van der Waals surface area contributed by atoms with Gasteiger partial charge in [-0.3, -0.25) is 14.9 Å². The van der Waals surface area contributed by atoms with Crippen LogP contribution in [0.1, 0.15) is 23.6 Å². The predicted octanol–water partition coefficient (Wildman–Crippen LogP) is 4.58. The molecule has 3 heterocycles. The van der Waals surface area contributed by atoms with Gasteiger partial charge in [0.05, 0.1) is 27.9 Å². The number of nitro groups is 1. The minimum atomic E-state index is -0.439. The van der Waals surface area contributed by atoms with Gasteiger partial charge in [0, 0.05) is 29.5 Å². The lowest BCUT2D eigenvalue weighted by atomic mass is 9.98. The number of amidine groups is 1. The number of fused-ring (bicyclic) bond motifs is 1. The summed E-state index contributed by atoms with van der Waals surface area (Å²) in [5, 5.41) is 19.2. The van der Waals surface area contributed by atoms with Crippen LogP contribution in [-0.4, -0.2) is 37.5 Å². The third-order valence-electron chi connectivity index (χ3n) is 5.13. The van der Waals surface area contributed by atoms with Gasteiger partial charge in [-0.1, -0.05) is 41.6 Å². The fourth-order valence-corrected chi connectivity index (χ4v) is 4.69. The largest absolute Gasteiger partial charge is 0.272 e. The molecule has 0 bridgehead atoms. The Morgan fingerprint density at radius 3 is 2.65 bits per heavy atom. The highest BCUT2D eigenvalue weighted by atomic mass is 35.5. The number of para-hydroxylation sites is 1. The number of aliphatic imine (C=N–C) groups is 1. The van der Waals surface area contributed by atoms with Gasteiger partial charge < -0.3 is 0 Å². The summed E-state index contributed by atoms with van der Waals surface area (Å²) in [4.78, 5) is 30.9. The molecule has 0 saturated heterocycles. The van der Waals surface area contributed by atoms with Gasteiger partial charge in [-0.2, -0.15) is 10.1 Å². The molecule has 1 atom stereocenters. The maximum Gasteiger partial charge on any atom is 0.269 e. The quantitative estimate of drug-likeness (QED) is 0.328. The first-order chi connectivity index (χ1) is 15.0. The molecule has 0 saturated carbocycles. The number of nitrogens with zero attached hydrogens (tertiary/aromatic N) is 5. The van der Waals surface area contributed by atoms with Crippen molar-refractivity contribution in [3.63, 3.8) is 0 Å². The summed E-state index contributed by atoms with van der Waals surface area (Å²) in [6, 6.07) is 15.6. The highest BCUT2D eigenvalue weighted by Crippen LogP contribution is 2.39. The number of non-ortho nitro benzene ring substituents is 1. The van der Waals surface area contributed by atoms with E-state index >= 15 is 0 Å². The van der Waals surface area contributed by atoms with Gasteiger partial charge >= 0.3 is 0 Å². The Labute approximate surface area is 185 Å². The molecule has 0 aliphatic carbocycles. The Morgan fingerprint density at radius 2 is 1.94 bits per heavy atom. The molecule has 2 aromatic carbocycles. The molecule has 31 heavy (non-hydrogen) atoms. The van der Waals surface area contributed by atoms with Crippen molar-refractivity contribution in [1.82, 2.24) is 9.99 Å². The van der Waals surface area contributed by atoms with Crippen LogP contribution in [0.25, 0.3) is 10.9 Å². The van der Waals surface area contributed by atoms with E-state index in [2.05, 4.69) is 9.98 Å². The van der Waals surface area contributed by atoms with Crippen LogP contribution in [0.4, 0.5) is 5.69 Å². The van der Waals surface area contributed by atoms with Crippen LogP contribution in [0, 0.1) is 10.1 Å². The summed E-state index contributed by atoms with van der Waals surface area (Å²) in [5.74, 6) is 0.0606. The lowest BCUT2D eigenvalue weighted by molar-refractivity contribution is -0.384. The van der Waals surface area contributed by atoms with Crippen molar-refractivity contribution in [2.24, 2.45) is 10.1 Å². The van der Waals surface area contributed by atoms with Gasteiger partial charge in [-0.25, -0.2) is 9.99 Å². The zero-order valence-electron chi connectivity index (χ0n) is 15.9. The van der Waals surface area contributed by atoms with E-state index in [1.807, 2.05) is 30.3 Å². The first-order valence-electron chi connectivity index (χ1n) is 9.40. The first-order valence-corrected chi connectivity index (χ1v) is 10.8. The zero-order chi connectivity index (χ0) is 21.5. The van der Waals surface area contributed by atoms with Crippen LogP contribution in [0.15, 0.2) is 64.7 Å². The number of aromatic nitrogens is 1. The lowest BCUT2D eigenvalue weighted by Gasteiger charge is -2.23. The van der Waals surface area contributed by atoms with Crippen molar-refractivity contribution >= 4 is 56.7 Å². The Kier molecular flexibility index (Phi) is 4.91. The molecule has 10 heteroatoms. The number of rotatable bonds is 3. The van der Waals surface area contributed by atoms with Crippen molar-refractivity contribution in [3.8, 4) is 0 Å². The standard InChI is InChI=1S/C21H14ClN5O3S/c22-20-15(9-13-3-1-2-4-16(13)23-20)18-10-17(12-5-7-14(8-6-12)27(29)30)25-26(18)21-24-19(28)11-31-21/h1-9,18H,10-11H2. The predicted molar refractivity (Wildman–Crippen MR) is 120 cm³/mol. The van der Waals surface area contributed by atoms with E-state index < -0.39 is 4.92 Å². The highest BCUT2D eigenvalue weighted by molar-refractivity contribution is 8.14. The normalized spacial score (nSPS) is 18.4. The van der Waals surface area contributed by atoms with Crippen molar-refractivity contribution in [3.05, 3.63) is 81.0 Å². The number of hydrogen-bond donors (Lipinski definition) is 0. The number of carbonyl (C=O) groups is 1. The van der Waals surface area contributed by atoms with Gasteiger partial charge in [0.15, 0.2) is 5.17 Å². The molecule has 2 aliphatic heterocycles. The smallest absolute Gasteiger partial charge is 0.269 e. The number of nitro benzene ring substituents is 1. The maximum atomic E-state index is 11.8. The summed E-state index contributed by atoms with van der Waals surface area (Å²) in [7, 11) is 0. The van der Waals surface area contributed by atoms with Crippen molar-refractivity contribution in [2.75, 3.05) is 5.75 Å². The van der Waals surface area contributed by atoms with E-state index in [0.717, 1.165) is 27.7 Å². The molecular formula is C21H14ClN5O3S. The Morgan fingerprint density at radius 1 is 1.16 bits per heavy atom. The summed E-state index contributed by atoms with van der Waals surface area (Å²) < 4.78 is 0. The number of thioether (sulfide) groups is 1. The fourth-order valence-electron chi connectivity index (χ4n) is 3.64.